The Bertz CT molecular complexity index is 724. The van der Waals surface area contributed by atoms with E-state index in [9.17, 15) is 0 Å². The number of methoxy groups -OCH3 is 1. The molecule has 3 rings (SSSR count). The highest BCUT2D eigenvalue weighted by Crippen LogP contribution is 2.25. The fraction of sp³-hybridized carbons (Fsp3) is 0.476. The maximum Gasteiger partial charge on any atom is 0.193 e. The lowest BCUT2D eigenvalue weighted by atomic mass is 10.2. The molecule has 27 heavy (non-hydrogen) atoms. The molecule has 2 heterocycles. The second kappa shape index (κ2) is 9.46. The van der Waals surface area contributed by atoms with Crippen LogP contribution in [0.1, 0.15) is 30.2 Å². The molecule has 1 N–H and O–H groups in total. The van der Waals surface area contributed by atoms with Crippen LogP contribution in [0.25, 0.3) is 0 Å². The zero-order valence-electron chi connectivity index (χ0n) is 16.5. The number of hydrogen-bond donors (Lipinski definition) is 1. The number of rotatable bonds is 7. The molecule has 1 aliphatic rings. The number of nitrogens with one attached hydrogen (secondary N) is 1. The molecule has 146 valence electrons. The molecule has 1 aromatic heterocycles. The zero-order chi connectivity index (χ0) is 19.1. The van der Waals surface area contributed by atoms with Crippen LogP contribution in [0.5, 0.6) is 5.75 Å². The molecule has 1 atom stereocenters. The van der Waals surface area contributed by atoms with Gasteiger partial charge in [-0.25, -0.2) is 0 Å². The van der Waals surface area contributed by atoms with Gasteiger partial charge in [0.2, 0.25) is 0 Å². The fourth-order valence-corrected chi connectivity index (χ4v) is 3.68. The van der Waals surface area contributed by atoms with Crippen molar-refractivity contribution < 1.29 is 9.15 Å². The lowest BCUT2D eigenvalue weighted by molar-refractivity contribution is 0.214. The minimum absolute atomic E-state index is 0.221. The minimum atomic E-state index is 0.221. The first-order valence-corrected chi connectivity index (χ1v) is 9.54. The van der Waals surface area contributed by atoms with Crippen LogP contribution < -0.4 is 10.1 Å². The van der Waals surface area contributed by atoms with Crippen LogP contribution in [0, 0.1) is 0 Å². The van der Waals surface area contributed by atoms with E-state index >= 15 is 0 Å². The van der Waals surface area contributed by atoms with Crippen molar-refractivity contribution in [3.63, 3.8) is 0 Å². The Balaban J connectivity index is 1.64. The third-order valence-electron chi connectivity index (χ3n) is 5.08. The van der Waals surface area contributed by atoms with Gasteiger partial charge in [-0.1, -0.05) is 18.2 Å². The molecule has 6 nitrogen and oxygen atoms in total. The number of benzene rings is 1. The van der Waals surface area contributed by atoms with E-state index in [1.54, 1.807) is 13.4 Å². The molecule has 1 aliphatic heterocycles. The van der Waals surface area contributed by atoms with Crippen molar-refractivity contribution in [3.05, 3.63) is 54.0 Å². The Morgan fingerprint density at radius 1 is 1.26 bits per heavy atom. The van der Waals surface area contributed by atoms with E-state index in [0.717, 1.165) is 49.2 Å². The third kappa shape index (κ3) is 4.83. The molecule has 0 radical (unpaired) electrons. The van der Waals surface area contributed by atoms with Crippen LogP contribution in [0.15, 0.2) is 52.1 Å². The van der Waals surface area contributed by atoms with Crippen molar-refractivity contribution in [2.75, 3.05) is 40.8 Å². The van der Waals surface area contributed by atoms with Gasteiger partial charge in [0.15, 0.2) is 5.96 Å². The number of furan rings is 1. The van der Waals surface area contributed by atoms with Crippen LogP contribution in [-0.4, -0.2) is 56.6 Å². The normalized spacial score (nSPS) is 16.3. The van der Waals surface area contributed by atoms with Gasteiger partial charge in [0.05, 0.1) is 19.4 Å². The summed E-state index contributed by atoms with van der Waals surface area (Å²) in [6.07, 6.45) is 4.25. The van der Waals surface area contributed by atoms with Gasteiger partial charge in [-0.15, -0.1) is 0 Å². The van der Waals surface area contributed by atoms with E-state index in [2.05, 4.69) is 32.2 Å². The van der Waals surface area contributed by atoms with Gasteiger partial charge in [0, 0.05) is 32.7 Å². The highest BCUT2D eigenvalue weighted by Gasteiger charge is 2.26. The first-order valence-electron chi connectivity index (χ1n) is 9.54. The summed E-state index contributed by atoms with van der Waals surface area (Å²) in [4.78, 5) is 9.06. The molecule has 0 aliphatic carbocycles. The summed E-state index contributed by atoms with van der Waals surface area (Å²) < 4.78 is 11.2. The van der Waals surface area contributed by atoms with E-state index < -0.39 is 0 Å². The van der Waals surface area contributed by atoms with Crippen molar-refractivity contribution in [2.24, 2.45) is 4.99 Å². The molecular formula is C21H30N4O2. The van der Waals surface area contributed by atoms with Crippen LogP contribution in [0.3, 0.4) is 0 Å². The first-order chi connectivity index (χ1) is 13.2. The van der Waals surface area contributed by atoms with Gasteiger partial charge in [-0.3, -0.25) is 9.89 Å². The quantitative estimate of drug-likeness (QED) is 0.599. The predicted octanol–water partition coefficient (Wildman–Crippen LogP) is 3.13. The van der Waals surface area contributed by atoms with Gasteiger partial charge in [-0.2, -0.15) is 0 Å². The highest BCUT2D eigenvalue weighted by molar-refractivity contribution is 5.79. The molecule has 0 spiro atoms. The van der Waals surface area contributed by atoms with Gasteiger partial charge in [-0.05, 0) is 44.1 Å². The lowest BCUT2D eigenvalue weighted by Gasteiger charge is -2.29. The summed E-state index contributed by atoms with van der Waals surface area (Å²) in [5.74, 6) is 2.76. The number of ether oxygens (including phenoxy) is 1. The van der Waals surface area contributed by atoms with Gasteiger partial charge >= 0.3 is 0 Å². The standard InChI is InChI=1S/C21H30N4O2/c1-22-21(24(2)16-17-9-4-5-10-19(17)26-3)23-15-18(20-11-8-14-27-20)25-12-6-7-13-25/h4-5,8-11,14,18H,6-7,12-13,15-16H2,1-3H3,(H,22,23). The summed E-state index contributed by atoms with van der Waals surface area (Å²) >= 11 is 0. The van der Waals surface area contributed by atoms with E-state index in [0.29, 0.717) is 0 Å². The monoisotopic (exact) mass is 370 g/mol. The molecule has 1 unspecified atom stereocenters. The van der Waals surface area contributed by atoms with Crippen LogP contribution in [0.2, 0.25) is 0 Å². The summed E-state index contributed by atoms with van der Waals surface area (Å²) in [5, 5.41) is 3.53. The number of para-hydroxylation sites is 1. The van der Waals surface area contributed by atoms with E-state index in [-0.39, 0.29) is 6.04 Å². The topological polar surface area (TPSA) is 53.2 Å². The molecule has 0 bridgehead atoms. The second-order valence-electron chi connectivity index (χ2n) is 6.87. The van der Waals surface area contributed by atoms with E-state index in [1.807, 2.05) is 38.4 Å². The maximum absolute atomic E-state index is 5.71. The molecule has 1 saturated heterocycles. The SMILES string of the molecule is CN=C(NCC(c1ccco1)N1CCCC1)N(C)Cc1ccccc1OC. The largest absolute Gasteiger partial charge is 0.496 e. The van der Waals surface area contributed by atoms with Gasteiger partial charge in [0.1, 0.15) is 11.5 Å². The Labute approximate surface area is 161 Å². The number of guanidine groups is 1. The molecular weight excluding hydrogens is 340 g/mol. The maximum atomic E-state index is 5.71. The number of hydrogen-bond acceptors (Lipinski definition) is 4. The average Bonchev–Trinajstić information content (AvgIpc) is 3.40. The van der Waals surface area contributed by atoms with Crippen molar-refractivity contribution in [1.29, 1.82) is 0 Å². The van der Waals surface area contributed by atoms with Crippen molar-refractivity contribution >= 4 is 5.96 Å². The minimum Gasteiger partial charge on any atom is -0.496 e. The predicted molar refractivity (Wildman–Crippen MR) is 108 cm³/mol. The summed E-state index contributed by atoms with van der Waals surface area (Å²) in [6.45, 7) is 3.71. The Morgan fingerprint density at radius 2 is 2.04 bits per heavy atom. The van der Waals surface area contributed by atoms with Crippen molar-refractivity contribution in [1.82, 2.24) is 15.1 Å². The summed E-state index contributed by atoms with van der Waals surface area (Å²) in [6, 6.07) is 12.3. The number of aliphatic imine (C=N–C) groups is 1. The van der Waals surface area contributed by atoms with E-state index in [1.165, 1.54) is 12.8 Å². The van der Waals surface area contributed by atoms with Crippen LogP contribution >= 0.6 is 0 Å². The second-order valence-corrected chi connectivity index (χ2v) is 6.87. The van der Waals surface area contributed by atoms with Crippen molar-refractivity contribution in [2.45, 2.75) is 25.4 Å². The highest BCUT2D eigenvalue weighted by atomic mass is 16.5. The van der Waals surface area contributed by atoms with Crippen LogP contribution in [-0.2, 0) is 6.54 Å². The Kier molecular flexibility index (Phi) is 6.76. The van der Waals surface area contributed by atoms with Crippen LogP contribution in [0.4, 0.5) is 0 Å². The molecule has 6 heteroatoms. The first kappa shape index (κ1) is 19.3. The van der Waals surface area contributed by atoms with Gasteiger partial charge < -0.3 is 19.4 Å². The molecule has 1 fully saturated rings. The molecule has 2 aromatic rings. The molecule has 0 saturated carbocycles. The average molecular weight is 370 g/mol. The summed E-state index contributed by atoms with van der Waals surface area (Å²) in [7, 11) is 5.56. The smallest absolute Gasteiger partial charge is 0.193 e. The third-order valence-corrected chi connectivity index (χ3v) is 5.08. The molecule has 1 aromatic carbocycles. The number of nitrogens with zero attached hydrogens (tertiary/aromatic N) is 3. The summed E-state index contributed by atoms with van der Waals surface area (Å²) in [5.41, 5.74) is 1.13. The van der Waals surface area contributed by atoms with Gasteiger partial charge in [0.25, 0.3) is 0 Å². The Morgan fingerprint density at radius 3 is 2.70 bits per heavy atom. The fourth-order valence-electron chi connectivity index (χ4n) is 3.68. The zero-order valence-corrected chi connectivity index (χ0v) is 16.5. The lowest BCUT2D eigenvalue weighted by Crippen LogP contribution is -2.43. The van der Waals surface area contributed by atoms with Crippen molar-refractivity contribution in [3.8, 4) is 5.75 Å². The Hall–Kier alpha value is -2.47. The van der Waals surface area contributed by atoms with E-state index in [4.69, 9.17) is 9.15 Å². The number of likely N-dealkylation sites (tertiary alicyclic amines) is 1. The molecule has 0 amide bonds.